The molecule has 0 aliphatic carbocycles. The standard InChI is InChI=1S/C23H40N6O2.HI/c1-17-11-18(2)15-29(14-17)21(30)16-27-7-9-28(10-8-27)22(24-6)26-13-20-25-12-19(31-20)23(3,4)5;/h12,17-18H,7-11,13-16H2,1-6H3,(H,24,26);1H. The summed E-state index contributed by atoms with van der Waals surface area (Å²) in [6, 6.07) is 0. The summed E-state index contributed by atoms with van der Waals surface area (Å²) in [4.78, 5) is 28.1. The summed E-state index contributed by atoms with van der Waals surface area (Å²) in [6.45, 7) is 17.1. The van der Waals surface area contributed by atoms with Crippen molar-refractivity contribution in [3.05, 3.63) is 17.8 Å². The number of carbonyl (C=O) groups excluding carboxylic acids is 1. The molecular weight excluding hydrogens is 519 g/mol. The van der Waals surface area contributed by atoms with Crippen LogP contribution in [0.15, 0.2) is 15.6 Å². The van der Waals surface area contributed by atoms with Crippen LogP contribution in [-0.2, 0) is 16.8 Å². The number of halogens is 1. The fraction of sp³-hybridized carbons (Fsp3) is 0.783. The molecule has 0 aromatic carbocycles. The Kier molecular flexibility index (Phi) is 9.81. The first kappa shape index (κ1) is 26.9. The summed E-state index contributed by atoms with van der Waals surface area (Å²) in [6.07, 6.45) is 3.03. The first-order chi connectivity index (χ1) is 14.7. The Bertz CT molecular complexity index is 757. The molecule has 1 aromatic rings. The normalized spacial score (nSPS) is 23.1. The molecule has 2 fully saturated rings. The van der Waals surface area contributed by atoms with Gasteiger partial charge in [0, 0.05) is 51.7 Å². The third kappa shape index (κ3) is 7.33. The van der Waals surface area contributed by atoms with Crippen LogP contribution < -0.4 is 5.32 Å². The van der Waals surface area contributed by atoms with Crippen molar-refractivity contribution in [1.29, 1.82) is 0 Å². The fourth-order valence-electron chi connectivity index (χ4n) is 4.50. The zero-order valence-corrected chi connectivity index (χ0v) is 22.9. The molecule has 0 spiro atoms. The van der Waals surface area contributed by atoms with E-state index in [4.69, 9.17) is 4.42 Å². The van der Waals surface area contributed by atoms with Crippen molar-refractivity contribution < 1.29 is 9.21 Å². The highest BCUT2D eigenvalue weighted by atomic mass is 127. The molecule has 2 aliphatic heterocycles. The van der Waals surface area contributed by atoms with Gasteiger partial charge in [-0.25, -0.2) is 4.98 Å². The van der Waals surface area contributed by atoms with Gasteiger partial charge in [-0.05, 0) is 18.3 Å². The smallest absolute Gasteiger partial charge is 0.236 e. The Hall–Kier alpha value is -1.36. The highest BCUT2D eigenvalue weighted by molar-refractivity contribution is 14.0. The molecule has 0 bridgehead atoms. The first-order valence-electron chi connectivity index (χ1n) is 11.6. The van der Waals surface area contributed by atoms with E-state index in [0.717, 1.165) is 51.0 Å². The van der Waals surface area contributed by atoms with E-state index >= 15 is 0 Å². The predicted molar refractivity (Wildman–Crippen MR) is 138 cm³/mol. The Morgan fingerprint density at radius 3 is 2.31 bits per heavy atom. The van der Waals surface area contributed by atoms with Crippen LogP contribution in [0.3, 0.4) is 0 Å². The number of piperidine rings is 1. The molecule has 0 radical (unpaired) electrons. The maximum absolute atomic E-state index is 12.8. The number of piperazine rings is 1. The van der Waals surface area contributed by atoms with E-state index < -0.39 is 0 Å². The average Bonchev–Trinajstić information content (AvgIpc) is 3.18. The monoisotopic (exact) mass is 560 g/mol. The Balaban J connectivity index is 0.00000363. The number of amides is 1. The Morgan fingerprint density at radius 1 is 1.16 bits per heavy atom. The maximum atomic E-state index is 12.8. The molecule has 2 aliphatic rings. The van der Waals surface area contributed by atoms with Crippen LogP contribution in [0.1, 0.15) is 52.7 Å². The Morgan fingerprint density at radius 2 is 1.78 bits per heavy atom. The lowest BCUT2D eigenvalue weighted by Gasteiger charge is -2.39. The van der Waals surface area contributed by atoms with E-state index in [1.165, 1.54) is 6.42 Å². The van der Waals surface area contributed by atoms with E-state index in [-0.39, 0.29) is 35.3 Å². The molecule has 3 heterocycles. The van der Waals surface area contributed by atoms with Crippen molar-refractivity contribution >= 4 is 35.8 Å². The minimum atomic E-state index is -0.0506. The summed E-state index contributed by atoms with van der Waals surface area (Å²) in [5.41, 5.74) is -0.0506. The van der Waals surface area contributed by atoms with Crippen LogP contribution in [-0.4, -0.2) is 84.4 Å². The molecule has 9 heteroatoms. The quantitative estimate of drug-likeness (QED) is 0.347. The molecule has 32 heavy (non-hydrogen) atoms. The van der Waals surface area contributed by atoms with Gasteiger partial charge in [0.25, 0.3) is 0 Å². The largest absolute Gasteiger partial charge is 0.443 e. The van der Waals surface area contributed by atoms with Crippen molar-refractivity contribution in [2.45, 2.75) is 53.0 Å². The van der Waals surface area contributed by atoms with Crippen molar-refractivity contribution in [1.82, 2.24) is 25.0 Å². The number of rotatable bonds is 4. The number of carbonyl (C=O) groups is 1. The second-order valence-corrected chi connectivity index (χ2v) is 10.3. The van der Waals surface area contributed by atoms with Gasteiger partial charge >= 0.3 is 0 Å². The zero-order valence-electron chi connectivity index (χ0n) is 20.6. The fourth-order valence-corrected chi connectivity index (χ4v) is 4.50. The molecule has 2 atom stereocenters. The van der Waals surface area contributed by atoms with Gasteiger partial charge in [0.15, 0.2) is 5.96 Å². The summed E-state index contributed by atoms with van der Waals surface area (Å²) in [7, 11) is 1.80. The van der Waals surface area contributed by atoms with E-state index in [1.807, 2.05) is 0 Å². The van der Waals surface area contributed by atoms with Gasteiger partial charge in [0.1, 0.15) is 5.76 Å². The summed E-state index contributed by atoms with van der Waals surface area (Å²) >= 11 is 0. The highest BCUT2D eigenvalue weighted by Gasteiger charge is 2.28. The number of likely N-dealkylation sites (tertiary alicyclic amines) is 1. The molecule has 2 unspecified atom stereocenters. The SMILES string of the molecule is CN=C(NCc1ncc(C(C)(C)C)o1)N1CCN(CC(=O)N2CC(C)CC(C)C2)CC1.I. The van der Waals surface area contributed by atoms with Crippen LogP contribution in [0.2, 0.25) is 0 Å². The van der Waals surface area contributed by atoms with Gasteiger partial charge in [0.2, 0.25) is 11.8 Å². The number of oxazole rings is 1. The summed E-state index contributed by atoms with van der Waals surface area (Å²) < 4.78 is 5.87. The molecule has 182 valence electrons. The number of guanidine groups is 1. The second-order valence-electron chi connectivity index (χ2n) is 10.3. The van der Waals surface area contributed by atoms with E-state index in [9.17, 15) is 4.79 Å². The van der Waals surface area contributed by atoms with Crippen LogP contribution in [0, 0.1) is 11.8 Å². The lowest BCUT2D eigenvalue weighted by atomic mass is 9.92. The molecule has 1 amide bonds. The number of hydrogen-bond acceptors (Lipinski definition) is 5. The number of aliphatic imine (C=N–C) groups is 1. The molecule has 2 saturated heterocycles. The van der Waals surface area contributed by atoms with E-state index in [0.29, 0.717) is 30.8 Å². The van der Waals surface area contributed by atoms with E-state index in [2.05, 4.69) is 64.6 Å². The maximum Gasteiger partial charge on any atom is 0.236 e. The van der Waals surface area contributed by atoms with Gasteiger partial charge in [-0.2, -0.15) is 0 Å². The minimum Gasteiger partial charge on any atom is -0.443 e. The summed E-state index contributed by atoms with van der Waals surface area (Å²) in [5.74, 6) is 3.87. The lowest BCUT2D eigenvalue weighted by Crippen LogP contribution is -2.55. The number of hydrogen-bond donors (Lipinski definition) is 1. The van der Waals surface area contributed by atoms with Crippen molar-refractivity contribution in [2.24, 2.45) is 16.8 Å². The van der Waals surface area contributed by atoms with Crippen molar-refractivity contribution in [2.75, 3.05) is 52.9 Å². The van der Waals surface area contributed by atoms with Crippen molar-refractivity contribution in [3.63, 3.8) is 0 Å². The molecule has 0 saturated carbocycles. The van der Waals surface area contributed by atoms with Crippen LogP contribution in [0.25, 0.3) is 0 Å². The zero-order chi connectivity index (χ0) is 22.6. The molecule has 8 nitrogen and oxygen atoms in total. The third-order valence-corrected chi connectivity index (χ3v) is 6.15. The van der Waals surface area contributed by atoms with Gasteiger partial charge in [0.05, 0.1) is 19.3 Å². The number of nitrogens with zero attached hydrogens (tertiary/aromatic N) is 5. The topological polar surface area (TPSA) is 77.2 Å². The molecular formula is C23H41IN6O2. The minimum absolute atomic E-state index is 0. The van der Waals surface area contributed by atoms with Crippen LogP contribution >= 0.6 is 24.0 Å². The van der Waals surface area contributed by atoms with E-state index in [1.54, 1.807) is 13.2 Å². The van der Waals surface area contributed by atoms with Gasteiger partial charge in [-0.3, -0.25) is 14.7 Å². The predicted octanol–water partition coefficient (Wildman–Crippen LogP) is 2.79. The Labute approximate surface area is 210 Å². The number of aromatic nitrogens is 1. The van der Waals surface area contributed by atoms with Gasteiger partial charge in [-0.1, -0.05) is 34.6 Å². The molecule has 1 aromatic heterocycles. The number of nitrogens with one attached hydrogen (secondary N) is 1. The third-order valence-electron chi connectivity index (χ3n) is 6.15. The lowest BCUT2D eigenvalue weighted by molar-refractivity contribution is -0.135. The van der Waals surface area contributed by atoms with Crippen molar-refractivity contribution in [3.8, 4) is 0 Å². The first-order valence-corrected chi connectivity index (χ1v) is 11.6. The van der Waals surface area contributed by atoms with Gasteiger partial charge in [-0.15, -0.1) is 24.0 Å². The van der Waals surface area contributed by atoms with Gasteiger partial charge < -0.3 is 19.5 Å². The molecule has 1 N–H and O–H groups in total. The average molecular weight is 561 g/mol. The van der Waals surface area contributed by atoms with Crippen LogP contribution in [0.4, 0.5) is 0 Å². The highest BCUT2D eigenvalue weighted by Crippen LogP contribution is 2.23. The van der Waals surface area contributed by atoms with Crippen LogP contribution in [0.5, 0.6) is 0 Å². The molecule has 3 rings (SSSR count). The summed E-state index contributed by atoms with van der Waals surface area (Å²) in [5, 5.41) is 3.36. The second kappa shape index (κ2) is 11.7.